The molecule has 0 unspecified atom stereocenters. The molecule has 0 aliphatic rings. The van der Waals surface area contributed by atoms with E-state index in [1.54, 1.807) is 0 Å². The highest BCUT2D eigenvalue weighted by Gasteiger charge is 2.18. The number of rotatable bonds is 2. The number of carbonyl (C=O) groups is 1. The Labute approximate surface area is 92.5 Å². The van der Waals surface area contributed by atoms with Crippen molar-refractivity contribution in [3.63, 3.8) is 0 Å². The van der Waals surface area contributed by atoms with Crippen molar-refractivity contribution in [3.8, 4) is 0 Å². The van der Waals surface area contributed by atoms with Gasteiger partial charge in [-0.05, 0) is 26.8 Å². The maximum atomic E-state index is 10.9. The van der Waals surface area contributed by atoms with E-state index in [1.165, 1.54) is 6.07 Å². The van der Waals surface area contributed by atoms with Crippen LogP contribution in [0.5, 0.6) is 0 Å². The second kappa shape index (κ2) is 4.02. The molecule has 0 bridgehead atoms. The molecule has 82 valence electrons. The number of hydrogen-bond acceptors (Lipinski definition) is 4. The standard InChI is InChI=1S/C9H12ClN3O2/c1-9(2,3)11-7-5(8(14)15)4-6(10)12-13-7/h4H,1-3H3,(H,11,13)(H,14,15). The Morgan fingerprint density at radius 2 is 2.07 bits per heavy atom. The summed E-state index contributed by atoms with van der Waals surface area (Å²) in [6.45, 7) is 5.69. The molecule has 0 saturated carbocycles. The third-order valence-electron chi connectivity index (χ3n) is 1.49. The Morgan fingerprint density at radius 1 is 1.47 bits per heavy atom. The maximum absolute atomic E-state index is 10.9. The molecule has 6 heteroatoms. The lowest BCUT2D eigenvalue weighted by Gasteiger charge is -2.21. The number of nitrogens with one attached hydrogen (secondary N) is 1. The second-order valence-electron chi connectivity index (χ2n) is 4.11. The van der Waals surface area contributed by atoms with Crippen LogP contribution in [0, 0.1) is 0 Å². The monoisotopic (exact) mass is 229 g/mol. The number of carboxylic acid groups (broad SMARTS) is 1. The molecule has 2 N–H and O–H groups in total. The van der Waals surface area contributed by atoms with E-state index in [9.17, 15) is 4.79 Å². The predicted molar refractivity (Wildman–Crippen MR) is 57.4 cm³/mol. The van der Waals surface area contributed by atoms with Gasteiger partial charge in [0.1, 0.15) is 5.56 Å². The first-order valence-electron chi connectivity index (χ1n) is 4.34. The molecule has 1 rings (SSSR count). The van der Waals surface area contributed by atoms with Crippen LogP contribution in [0.2, 0.25) is 5.15 Å². The van der Waals surface area contributed by atoms with Gasteiger partial charge in [0.15, 0.2) is 11.0 Å². The highest BCUT2D eigenvalue weighted by molar-refractivity contribution is 6.29. The van der Waals surface area contributed by atoms with Crippen LogP contribution in [0.4, 0.5) is 5.82 Å². The van der Waals surface area contributed by atoms with E-state index >= 15 is 0 Å². The zero-order valence-electron chi connectivity index (χ0n) is 8.71. The van der Waals surface area contributed by atoms with E-state index < -0.39 is 5.97 Å². The van der Waals surface area contributed by atoms with E-state index in [2.05, 4.69) is 15.5 Å². The lowest BCUT2D eigenvalue weighted by Crippen LogP contribution is -2.28. The Kier molecular flexibility index (Phi) is 3.14. The van der Waals surface area contributed by atoms with Crippen molar-refractivity contribution < 1.29 is 9.90 Å². The molecule has 0 aliphatic carbocycles. The van der Waals surface area contributed by atoms with Gasteiger partial charge in [0.05, 0.1) is 0 Å². The molecule has 0 amide bonds. The van der Waals surface area contributed by atoms with Gasteiger partial charge in [0, 0.05) is 5.54 Å². The summed E-state index contributed by atoms with van der Waals surface area (Å²) in [5.41, 5.74) is -0.267. The van der Waals surface area contributed by atoms with Gasteiger partial charge in [-0.3, -0.25) is 0 Å². The summed E-state index contributed by atoms with van der Waals surface area (Å²) in [6, 6.07) is 1.27. The van der Waals surface area contributed by atoms with Crippen molar-refractivity contribution in [1.29, 1.82) is 0 Å². The maximum Gasteiger partial charge on any atom is 0.339 e. The van der Waals surface area contributed by atoms with Crippen molar-refractivity contribution in [1.82, 2.24) is 10.2 Å². The van der Waals surface area contributed by atoms with E-state index in [1.807, 2.05) is 20.8 Å². The first kappa shape index (κ1) is 11.7. The number of aromatic carboxylic acids is 1. The van der Waals surface area contributed by atoms with Gasteiger partial charge in [0.25, 0.3) is 0 Å². The van der Waals surface area contributed by atoms with Crippen LogP contribution in [0.25, 0.3) is 0 Å². The average molecular weight is 230 g/mol. The van der Waals surface area contributed by atoms with E-state index in [4.69, 9.17) is 16.7 Å². The number of nitrogens with zero attached hydrogens (tertiary/aromatic N) is 2. The Balaban J connectivity index is 3.12. The molecule has 0 atom stereocenters. The van der Waals surface area contributed by atoms with Crippen molar-refractivity contribution in [3.05, 3.63) is 16.8 Å². The Bertz CT molecular complexity index is 387. The molecule has 1 heterocycles. The Morgan fingerprint density at radius 3 is 2.53 bits per heavy atom. The van der Waals surface area contributed by atoms with E-state index in [0.29, 0.717) is 0 Å². The van der Waals surface area contributed by atoms with Crippen LogP contribution in [-0.4, -0.2) is 26.8 Å². The molecule has 0 radical (unpaired) electrons. The van der Waals surface area contributed by atoms with Crippen molar-refractivity contribution in [2.45, 2.75) is 26.3 Å². The smallest absolute Gasteiger partial charge is 0.339 e. The summed E-state index contributed by atoms with van der Waals surface area (Å²) < 4.78 is 0. The van der Waals surface area contributed by atoms with Gasteiger partial charge in [-0.25, -0.2) is 4.79 Å². The lowest BCUT2D eigenvalue weighted by molar-refractivity contribution is 0.0697. The van der Waals surface area contributed by atoms with Crippen LogP contribution in [0.3, 0.4) is 0 Å². The van der Waals surface area contributed by atoms with Gasteiger partial charge in [-0.2, -0.15) is 0 Å². The number of aromatic nitrogens is 2. The van der Waals surface area contributed by atoms with E-state index in [-0.39, 0.29) is 22.1 Å². The third-order valence-corrected chi connectivity index (χ3v) is 1.67. The fourth-order valence-electron chi connectivity index (χ4n) is 0.979. The molecule has 1 aromatic heterocycles. The van der Waals surface area contributed by atoms with Crippen molar-refractivity contribution in [2.75, 3.05) is 5.32 Å². The number of hydrogen-bond donors (Lipinski definition) is 2. The Hall–Kier alpha value is -1.36. The quantitative estimate of drug-likeness (QED) is 0.812. The molecule has 0 aromatic carbocycles. The molecule has 0 spiro atoms. The van der Waals surface area contributed by atoms with Gasteiger partial charge in [0.2, 0.25) is 0 Å². The lowest BCUT2D eigenvalue weighted by atomic mass is 10.1. The predicted octanol–water partition coefficient (Wildman–Crippen LogP) is 2.04. The van der Waals surface area contributed by atoms with Gasteiger partial charge < -0.3 is 10.4 Å². The van der Waals surface area contributed by atoms with Gasteiger partial charge in [-0.15, -0.1) is 10.2 Å². The fraction of sp³-hybridized carbons (Fsp3) is 0.444. The molecular weight excluding hydrogens is 218 g/mol. The SMILES string of the molecule is CC(C)(C)Nc1nnc(Cl)cc1C(=O)O. The number of carboxylic acids is 1. The second-order valence-corrected chi connectivity index (χ2v) is 4.50. The fourth-order valence-corrected chi connectivity index (χ4v) is 1.13. The summed E-state index contributed by atoms with van der Waals surface area (Å²) in [5.74, 6) is -0.863. The molecule has 1 aromatic rings. The van der Waals surface area contributed by atoms with Crippen LogP contribution < -0.4 is 5.32 Å². The first-order valence-corrected chi connectivity index (χ1v) is 4.72. The number of anilines is 1. The van der Waals surface area contributed by atoms with Crippen LogP contribution in [0.1, 0.15) is 31.1 Å². The molecule has 0 fully saturated rings. The molecule has 15 heavy (non-hydrogen) atoms. The largest absolute Gasteiger partial charge is 0.478 e. The summed E-state index contributed by atoms with van der Waals surface area (Å²) >= 11 is 5.57. The van der Waals surface area contributed by atoms with Crippen molar-refractivity contribution in [2.24, 2.45) is 0 Å². The first-order chi connectivity index (χ1) is 6.79. The summed E-state index contributed by atoms with van der Waals surface area (Å²) in [5, 5.41) is 19.2. The minimum Gasteiger partial charge on any atom is -0.478 e. The molecule has 5 nitrogen and oxygen atoms in total. The zero-order chi connectivity index (χ0) is 11.6. The summed E-state index contributed by atoms with van der Waals surface area (Å²) in [4.78, 5) is 10.9. The minimum absolute atomic E-state index is 0.0184. The van der Waals surface area contributed by atoms with Crippen LogP contribution >= 0.6 is 11.6 Å². The third kappa shape index (κ3) is 3.36. The highest BCUT2D eigenvalue weighted by atomic mass is 35.5. The number of halogens is 1. The minimum atomic E-state index is -1.08. The van der Waals surface area contributed by atoms with Gasteiger partial charge >= 0.3 is 5.97 Å². The highest BCUT2D eigenvalue weighted by Crippen LogP contribution is 2.18. The normalized spacial score (nSPS) is 11.2. The summed E-state index contributed by atoms with van der Waals surface area (Å²) in [6.07, 6.45) is 0. The van der Waals surface area contributed by atoms with Gasteiger partial charge in [-0.1, -0.05) is 11.6 Å². The molecular formula is C9H12ClN3O2. The topological polar surface area (TPSA) is 75.1 Å². The molecule has 0 aliphatic heterocycles. The molecule has 0 saturated heterocycles. The zero-order valence-corrected chi connectivity index (χ0v) is 9.46. The average Bonchev–Trinajstić information content (AvgIpc) is 2.05. The van der Waals surface area contributed by atoms with Crippen LogP contribution in [-0.2, 0) is 0 Å². The van der Waals surface area contributed by atoms with Crippen LogP contribution in [0.15, 0.2) is 6.07 Å². The van der Waals surface area contributed by atoms with E-state index in [0.717, 1.165) is 0 Å². The summed E-state index contributed by atoms with van der Waals surface area (Å²) in [7, 11) is 0. The van der Waals surface area contributed by atoms with Crippen molar-refractivity contribution >= 4 is 23.4 Å².